The summed E-state index contributed by atoms with van der Waals surface area (Å²) in [5, 5.41) is -0.378. The van der Waals surface area contributed by atoms with Gasteiger partial charge in [0, 0.05) is 11.5 Å². The molecule has 0 aliphatic heterocycles. The Kier molecular flexibility index (Phi) is 3.21. The second kappa shape index (κ2) is 4.56. The third kappa shape index (κ3) is 2.40. The zero-order chi connectivity index (χ0) is 14.2. The van der Waals surface area contributed by atoms with Crippen LogP contribution in [-0.2, 0) is 10.9 Å². The maximum Gasteiger partial charge on any atom is 0.420 e. The van der Waals surface area contributed by atoms with Gasteiger partial charge in [0.25, 0.3) is 0 Å². The van der Waals surface area contributed by atoms with Crippen LogP contribution in [0, 0.1) is 5.82 Å². The van der Waals surface area contributed by atoms with E-state index in [1.165, 1.54) is 6.92 Å². The monoisotopic (exact) mass is 276 g/mol. The van der Waals surface area contributed by atoms with Crippen LogP contribution in [0.1, 0.15) is 22.8 Å². The molecule has 102 valence electrons. The molecule has 0 atom stereocenters. The largest absolute Gasteiger partial charge is 0.464 e. The summed E-state index contributed by atoms with van der Waals surface area (Å²) < 4.78 is 60.8. The summed E-state index contributed by atoms with van der Waals surface area (Å²) in [7, 11) is 0. The smallest absolute Gasteiger partial charge is 0.420 e. The van der Waals surface area contributed by atoms with Crippen molar-refractivity contribution in [3.8, 4) is 0 Å². The summed E-state index contributed by atoms with van der Waals surface area (Å²) in [6.45, 7) is 1.50. The molecule has 0 aliphatic rings. The fourth-order valence-corrected chi connectivity index (χ4v) is 1.63. The molecule has 1 aromatic heterocycles. The number of carbonyl (C=O) groups is 1. The predicted molar refractivity (Wildman–Crippen MR) is 57.1 cm³/mol. The molecular weight excluding hydrogens is 268 g/mol. The number of hydrogen-bond donors (Lipinski definition) is 0. The molecule has 0 bridgehead atoms. The van der Waals surface area contributed by atoms with Gasteiger partial charge >= 0.3 is 12.1 Å². The second-order valence-corrected chi connectivity index (χ2v) is 3.70. The van der Waals surface area contributed by atoms with Crippen molar-refractivity contribution in [2.24, 2.45) is 0 Å². The third-order valence-electron chi connectivity index (χ3n) is 2.46. The number of rotatable bonds is 2. The maximum absolute atomic E-state index is 13.6. The number of carbonyl (C=O) groups excluding carboxylic acids is 1. The van der Waals surface area contributed by atoms with Crippen molar-refractivity contribution in [2.45, 2.75) is 13.1 Å². The topological polar surface area (TPSA) is 39.4 Å². The third-order valence-corrected chi connectivity index (χ3v) is 2.46. The Balaban J connectivity index is 2.62. The van der Waals surface area contributed by atoms with E-state index < -0.39 is 29.1 Å². The SMILES string of the molecule is CCOC(=O)c1cc2c(C(F)(F)F)coc2cc1F. The van der Waals surface area contributed by atoms with Crippen LogP contribution in [0.15, 0.2) is 22.8 Å². The molecule has 19 heavy (non-hydrogen) atoms. The lowest BCUT2D eigenvalue weighted by molar-refractivity contribution is -0.136. The van der Waals surface area contributed by atoms with E-state index in [1.807, 2.05) is 0 Å². The first-order chi connectivity index (χ1) is 8.84. The fourth-order valence-electron chi connectivity index (χ4n) is 1.63. The first-order valence-electron chi connectivity index (χ1n) is 5.29. The summed E-state index contributed by atoms with van der Waals surface area (Å²) in [4.78, 5) is 11.4. The van der Waals surface area contributed by atoms with Crippen LogP contribution in [0.4, 0.5) is 17.6 Å². The molecule has 7 heteroatoms. The number of hydrogen-bond acceptors (Lipinski definition) is 3. The van der Waals surface area contributed by atoms with E-state index in [0.717, 1.165) is 12.1 Å². The Morgan fingerprint density at radius 2 is 2.05 bits per heavy atom. The Morgan fingerprint density at radius 3 is 2.63 bits per heavy atom. The average Bonchev–Trinajstić information content (AvgIpc) is 2.70. The first kappa shape index (κ1) is 13.4. The molecule has 0 fully saturated rings. The Morgan fingerprint density at radius 1 is 1.37 bits per heavy atom. The van der Waals surface area contributed by atoms with E-state index in [0.29, 0.717) is 6.26 Å². The van der Waals surface area contributed by atoms with Crippen molar-refractivity contribution in [3.63, 3.8) is 0 Å². The van der Waals surface area contributed by atoms with Gasteiger partial charge in [-0.1, -0.05) is 0 Å². The van der Waals surface area contributed by atoms with Crippen LogP contribution in [0.3, 0.4) is 0 Å². The van der Waals surface area contributed by atoms with Crippen LogP contribution in [-0.4, -0.2) is 12.6 Å². The van der Waals surface area contributed by atoms with E-state index in [4.69, 9.17) is 0 Å². The second-order valence-electron chi connectivity index (χ2n) is 3.70. The van der Waals surface area contributed by atoms with E-state index >= 15 is 0 Å². The van der Waals surface area contributed by atoms with Crippen molar-refractivity contribution >= 4 is 16.9 Å². The lowest BCUT2D eigenvalue weighted by Gasteiger charge is -2.05. The molecule has 0 unspecified atom stereocenters. The Labute approximate surface area is 104 Å². The zero-order valence-corrected chi connectivity index (χ0v) is 9.68. The first-order valence-corrected chi connectivity index (χ1v) is 5.29. The van der Waals surface area contributed by atoms with Crippen molar-refractivity contribution in [1.29, 1.82) is 0 Å². The molecule has 2 aromatic rings. The maximum atomic E-state index is 13.6. The molecule has 0 radical (unpaired) electrons. The van der Waals surface area contributed by atoms with E-state index in [1.54, 1.807) is 0 Å². The predicted octanol–water partition coefficient (Wildman–Crippen LogP) is 3.77. The Hall–Kier alpha value is -2.05. The van der Waals surface area contributed by atoms with Gasteiger partial charge in [0.2, 0.25) is 0 Å². The van der Waals surface area contributed by atoms with E-state index in [2.05, 4.69) is 9.15 Å². The van der Waals surface area contributed by atoms with Gasteiger partial charge < -0.3 is 9.15 Å². The van der Waals surface area contributed by atoms with Gasteiger partial charge in [-0.05, 0) is 13.0 Å². The molecular formula is C12H8F4O3. The van der Waals surface area contributed by atoms with Gasteiger partial charge in [0.15, 0.2) is 0 Å². The number of halogens is 4. The summed E-state index contributed by atoms with van der Waals surface area (Å²) in [5.74, 6) is -2.01. The van der Waals surface area contributed by atoms with Crippen LogP contribution in [0.5, 0.6) is 0 Å². The molecule has 0 N–H and O–H groups in total. The minimum absolute atomic E-state index is 0.00613. The highest BCUT2D eigenvalue weighted by atomic mass is 19.4. The lowest BCUT2D eigenvalue weighted by Crippen LogP contribution is -2.08. The summed E-state index contributed by atoms with van der Waals surface area (Å²) in [6.07, 6.45) is -4.16. The summed E-state index contributed by atoms with van der Waals surface area (Å²) >= 11 is 0. The Bertz CT molecular complexity index is 628. The van der Waals surface area contributed by atoms with E-state index in [9.17, 15) is 22.4 Å². The van der Waals surface area contributed by atoms with Crippen LogP contribution < -0.4 is 0 Å². The van der Waals surface area contributed by atoms with E-state index in [-0.39, 0.29) is 17.6 Å². The highest BCUT2D eigenvalue weighted by Crippen LogP contribution is 2.37. The molecule has 2 rings (SSSR count). The van der Waals surface area contributed by atoms with Gasteiger partial charge in [0.1, 0.15) is 23.2 Å². The minimum atomic E-state index is -4.64. The van der Waals surface area contributed by atoms with Crippen LogP contribution in [0.2, 0.25) is 0 Å². The number of fused-ring (bicyclic) bond motifs is 1. The number of alkyl halides is 3. The van der Waals surface area contributed by atoms with Gasteiger partial charge in [-0.3, -0.25) is 0 Å². The lowest BCUT2D eigenvalue weighted by atomic mass is 10.1. The van der Waals surface area contributed by atoms with Crippen LogP contribution >= 0.6 is 0 Å². The molecule has 3 nitrogen and oxygen atoms in total. The average molecular weight is 276 g/mol. The van der Waals surface area contributed by atoms with Gasteiger partial charge in [-0.15, -0.1) is 0 Å². The fraction of sp³-hybridized carbons (Fsp3) is 0.250. The van der Waals surface area contributed by atoms with Gasteiger partial charge in [-0.2, -0.15) is 13.2 Å². The molecule has 0 aliphatic carbocycles. The van der Waals surface area contributed by atoms with Crippen LogP contribution in [0.25, 0.3) is 11.0 Å². The standard InChI is InChI=1S/C12H8F4O3/c1-2-18-11(17)7-3-6-8(12(14,15)16)5-19-10(6)4-9(7)13/h3-5H,2H2,1H3. The molecule has 0 spiro atoms. The van der Waals surface area contributed by atoms with Gasteiger partial charge in [-0.25, -0.2) is 9.18 Å². The number of ether oxygens (including phenoxy) is 1. The van der Waals surface area contributed by atoms with Crippen molar-refractivity contribution in [1.82, 2.24) is 0 Å². The number of furan rings is 1. The molecule has 0 saturated carbocycles. The number of esters is 1. The highest BCUT2D eigenvalue weighted by molar-refractivity contribution is 5.95. The quantitative estimate of drug-likeness (QED) is 0.619. The van der Waals surface area contributed by atoms with Crippen molar-refractivity contribution in [2.75, 3.05) is 6.61 Å². The van der Waals surface area contributed by atoms with Crippen molar-refractivity contribution in [3.05, 3.63) is 35.3 Å². The zero-order valence-electron chi connectivity index (χ0n) is 9.68. The summed E-state index contributed by atoms with van der Waals surface area (Å²) in [6, 6.07) is 1.52. The van der Waals surface area contributed by atoms with Gasteiger partial charge in [0.05, 0.1) is 12.2 Å². The molecule has 1 heterocycles. The molecule has 0 saturated heterocycles. The summed E-state index contributed by atoms with van der Waals surface area (Å²) in [5.41, 5.74) is -1.90. The molecule has 1 aromatic carbocycles. The normalized spacial score (nSPS) is 11.8. The minimum Gasteiger partial charge on any atom is -0.464 e. The van der Waals surface area contributed by atoms with Crippen molar-refractivity contribution < 1.29 is 31.5 Å². The highest BCUT2D eigenvalue weighted by Gasteiger charge is 2.35. The molecule has 0 amide bonds. The number of benzene rings is 1.